The van der Waals surface area contributed by atoms with Gasteiger partial charge in [0, 0.05) is 17.4 Å². The molecule has 0 fully saturated rings. The molecule has 0 saturated heterocycles. The smallest absolute Gasteiger partial charge is 0.247 e. The number of nitrogen functional groups attached to an aromatic ring is 1. The molecule has 0 aliphatic carbocycles. The molecule has 0 aliphatic heterocycles. The molecule has 0 spiro atoms. The van der Waals surface area contributed by atoms with Gasteiger partial charge in [0.15, 0.2) is 5.65 Å². The number of hydrogen-bond donors (Lipinski definition) is 3. The molecule has 4 N–H and O–H groups in total. The van der Waals surface area contributed by atoms with E-state index < -0.39 is 0 Å². The Morgan fingerprint density at radius 1 is 0.912 bits per heavy atom. The van der Waals surface area contributed by atoms with Crippen molar-refractivity contribution in [1.29, 1.82) is 0 Å². The van der Waals surface area contributed by atoms with E-state index in [0.29, 0.717) is 23.0 Å². The number of carbonyl (C=O) groups excluding carboxylic acids is 1. The molecule has 8 heteroatoms. The zero-order chi connectivity index (χ0) is 23.5. The standard InChI is InChI=1S/C26H21FN6O/c27-20-10-5-17(6-11-20)15-25(34)29-21-12-7-18(8-13-21)19-9-14-24-31-26(32-33(24)16-19)30-23-4-2-1-3-22(23)28/h1-14,16H,15,28H2,(H,29,34)(H,30,32). The lowest BCUT2D eigenvalue weighted by molar-refractivity contribution is -0.115. The van der Waals surface area contributed by atoms with Crippen molar-refractivity contribution in [2.24, 2.45) is 0 Å². The average Bonchev–Trinajstić information content (AvgIpc) is 3.24. The van der Waals surface area contributed by atoms with Gasteiger partial charge < -0.3 is 16.4 Å². The summed E-state index contributed by atoms with van der Waals surface area (Å²) in [7, 11) is 0. The summed E-state index contributed by atoms with van der Waals surface area (Å²) in [5.41, 5.74) is 11.4. The van der Waals surface area contributed by atoms with Gasteiger partial charge in [-0.05, 0) is 59.7 Å². The molecule has 0 bridgehead atoms. The molecule has 0 saturated carbocycles. The van der Waals surface area contributed by atoms with E-state index >= 15 is 0 Å². The number of aromatic nitrogens is 3. The molecule has 0 radical (unpaired) electrons. The highest BCUT2D eigenvalue weighted by molar-refractivity contribution is 5.92. The van der Waals surface area contributed by atoms with Crippen LogP contribution in [-0.2, 0) is 11.2 Å². The van der Waals surface area contributed by atoms with Crippen molar-refractivity contribution in [3.05, 3.63) is 103 Å². The molecular formula is C26H21FN6O. The summed E-state index contributed by atoms with van der Waals surface area (Å²) in [6.07, 6.45) is 2.07. The number of benzene rings is 3. The first-order chi connectivity index (χ1) is 16.5. The monoisotopic (exact) mass is 452 g/mol. The third kappa shape index (κ3) is 4.71. The van der Waals surface area contributed by atoms with Crippen LogP contribution >= 0.6 is 0 Å². The number of hydrogen-bond acceptors (Lipinski definition) is 5. The summed E-state index contributed by atoms with van der Waals surface area (Å²) < 4.78 is 14.7. The number of pyridine rings is 1. The minimum Gasteiger partial charge on any atom is -0.397 e. The number of nitrogens with zero attached hydrogens (tertiary/aromatic N) is 3. The van der Waals surface area contributed by atoms with Gasteiger partial charge >= 0.3 is 0 Å². The highest BCUT2D eigenvalue weighted by Crippen LogP contribution is 2.24. The fourth-order valence-electron chi connectivity index (χ4n) is 3.58. The number of anilines is 4. The van der Waals surface area contributed by atoms with Crippen LogP contribution in [0.1, 0.15) is 5.56 Å². The molecular weight excluding hydrogens is 431 g/mol. The lowest BCUT2D eigenvalue weighted by atomic mass is 10.1. The third-order valence-electron chi connectivity index (χ3n) is 5.32. The number of nitrogens with two attached hydrogens (primary N) is 1. The Bertz CT molecular complexity index is 1460. The summed E-state index contributed by atoms with van der Waals surface area (Å²) in [6.45, 7) is 0. The Kier molecular flexibility index (Phi) is 5.61. The third-order valence-corrected chi connectivity index (χ3v) is 5.32. The van der Waals surface area contributed by atoms with Crippen LogP contribution in [-0.4, -0.2) is 20.5 Å². The lowest BCUT2D eigenvalue weighted by Gasteiger charge is -2.07. The van der Waals surface area contributed by atoms with E-state index in [1.54, 1.807) is 16.6 Å². The van der Waals surface area contributed by atoms with Crippen LogP contribution < -0.4 is 16.4 Å². The van der Waals surface area contributed by atoms with Crippen molar-refractivity contribution in [3.63, 3.8) is 0 Å². The Balaban J connectivity index is 1.28. The fourth-order valence-corrected chi connectivity index (χ4v) is 3.58. The average molecular weight is 452 g/mol. The first-order valence-electron chi connectivity index (χ1n) is 10.7. The SMILES string of the molecule is Nc1ccccc1Nc1nc2ccc(-c3ccc(NC(=O)Cc4ccc(F)cc4)cc3)cn2n1. The van der Waals surface area contributed by atoms with E-state index in [2.05, 4.69) is 20.7 Å². The van der Waals surface area contributed by atoms with Crippen LogP contribution in [0.15, 0.2) is 91.1 Å². The molecule has 7 nitrogen and oxygen atoms in total. The topological polar surface area (TPSA) is 97.3 Å². The van der Waals surface area contributed by atoms with Crippen LogP contribution in [0.5, 0.6) is 0 Å². The number of halogens is 1. The van der Waals surface area contributed by atoms with Gasteiger partial charge in [-0.15, -0.1) is 5.10 Å². The van der Waals surface area contributed by atoms with Gasteiger partial charge in [0.05, 0.1) is 17.8 Å². The molecule has 0 unspecified atom stereocenters. The van der Waals surface area contributed by atoms with Crippen LogP contribution in [0.4, 0.5) is 27.4 Å². The Morgan fingerprint density at radius 2 is 1.65 bits per heavy atom. The number of fused-ring (bicyclic) bond motifs is 1. The number of para-hydroxylation sites is 2. The van der Waals surface area contributed by atoms with Crippen molar-refractivity contribution < 1.29 is 9.18 Å². The second-order valence-corrected chi connectivity index (χ2v) is 7.80. The van der Waals surface area contributed by atoms with Gasteiger partial charge in [-0.25, -0.2) is 8.91 Å². The van der Waals surface area contributed by atoms with Gasteiger partial charge in [-0.1, -0.05) is 36.4 Å². The molecule has 168 valence electrons. The highest BCUT2D eigenvalue weighted by Gasteiger charge is 2.08. The summed E-state index contributed by atoms with van der Waals surface area (Å²) in [5, 5.41) is 10.5. The van der Waals surface area contributed by atoms with E-state index in [1.807, 2.05) is 66.9 Å². The second-order valence-electron chi connectivity index (χ2n) is 7.80. The van der Waals surface area contributed by atoms with Crippen LogP contribution in [0, 0.1) is 5.82 Å². The molecule has 5 rings (SSSR count). The van der Waals surface area contributed by atoms with E-state index in [1.165, 1.54) is 12.1 Å². The number of nitrogens with one attached hydrogen (secondary N) is 2. The largest absolute Gasteiger partial charge is 0.397 e. The first-order valence-corrected chi connectivity index (χ1v) is 10.7. The molecule has 34 heavy (non-hydrogen) atoms. The minimum absolute atomic E-state index is 0.164. The summed E-state index contributed by atoms with van der Waals surface area (Å²) in [6, 6.07) is 24.7. The van der Waals surface area contributed by atoms with Gasteiger partial charge in [0.1, 0.15) is 5.82 Å². The maximum absolute atomic E-state index is 13.0. The number of amides is 1. The van der Waals surface area contributed by atoms with Crippen molar-refractivity contribution in [2.75, 3.05) is 16.4 Å². The van der Waals surface area contributed by atoms with Crippen LogP contribution in [0.2, 0.25) is 0 Å². The number of carbonyl (C=O) groups is 1. The van der Waals surface area contributed by atoms with E-state index in [9.17, 15) is 9.18 Å². The predicted octanol–water partition coefficient (Wildman–Crippen LogP) is 5.04. The van der Waals surface area contributed by atoms with E-state index in [0.717, 1.165) is 22.4 Å². The Hall–Kier alpha value is -4.72. The van der Waals surface area contributed by atoms with Crippen molar-refractivity contribution in [1.82, 2.24) is 14.6 Å². The molecule has 0 aliphatic rings. The quantitative estimate of drug-likeness (QED) is 0.314. The molecule has 0 atom stereocenters. The van der Waals surface area contributed by atoms with Gasteiger partial charge in [0.25, 0.3) is 0 Å². The second kappa shape index (κ2) is 9.03. The molecule has 2 aromatic heterocycles. The van der Waals surface area contributed by atoms with Crippen molar-refractivity contribution in [2.45, 2.75) is 6.42 Å². The molecule has 1 amide bonds. The lowest BCUT2D eigenvalue weighted by Crippen LogP contribution is -2.14. The van der Waals surface area contributed by atoms with Gasteiger partial charge in [0.2, 0.25) is 11.9 Å². The normalized spacial score (nSPS) is 10.9. The minimum atomic E-state index is -0.322. The van der Waals surface area contributed by atoms with Gasteiger partial charge in [-0.3, -0.25) is 4.79 Å². The Morgan fingerprint density at radius 3 is 2.41 bits per heavy atom. The molecule has 5 aromatic rings. The molecule has 2 heterocycles. The van der Waals surface area contributed by atoms with Crippen LogP contribution in [0.3, 0.4) is 0 Å². The summed E-state index contributed by atoms with van der Waals surface area (Å²) in [5.74, 6) is -0.0334. The number of rotatable bonds is 6. The maximum Gasteiger partial charge on any atom is 0.247 e. The first kappa shape index (κ1) is 21.1. The van der Waals surface area contributed by atoms with Crippen molar-refractivity contribution in [3.8, 4) is 11.1 Å². The van der Waals surface area contributed by atoms with Gasteiger partial charge in [-0.2, -0.15) is 4.98 Å². The summed E-state index contributed by atoms with van der Waals surface area (Å²) in [4.78, 5) is 16.8. The predicted molar refractivity (Wildman–Crippen MR) is 131 cm³/mol. The molecule has 3 aromatic carbocycles. The fraction of sp³-hybridized carbons (Fsp3) is 0.0385. The van der Waals surface area contributed by atoms with E-state index in [-0.39, 0.29) is 18.1 Å². The highest BCUT2D eigenvalue weighted by atomic mass is 19.1. The Labute approximate surface area is 195 Å². The maximum atomic E-state index is 13.0. The van der Waals surface area contributed by atoms with Crippen molar-refractivity contribution >= 4 is 34.6 Å². The summed E-state index contributed by atoms with van der Waals surface area (Å²) >= 11 is 0. The zero-order valence-electron chi connectivity index (χ0n) is 18.1. The zero-order valence-corrected chi connectivity index (χ0v) is 18.1. The van der Waals surface area contributed by atoms with Crippen LogP contribution in [0.25, 0.3) is 16.8 Å². The van der Waals surface area contributed by atoms with E-state index in [4.69, 9.17) is 5.73 Å².